The molecule has 0 saturated heterocycles. The molecule has 1 amide bonds. The number of benzene rings is 2. The summed E-state index contributed by atoms with van der Waals surface area (Å²) >= 11 is 0. The Kier molecular flexibility index (Phi) is 6.22. The van der Waals surface area contributed by atoms with Crippen molar-refractivity contribution in [2.45, 2.75) is 31.7 Å². The van der Waals surface area contributed by atoms with Gasteiger partial charge in [0.05, 0.1) is 4.90 Å². The van der Waals surface area contributed by atoms with E-state index in [2.05, 4.69) is 10.0 Å². The first-order valence-electron chi connectivity index (χ1n) is 8.33. The van der Waals surface area contributed by atoms with E-state index in [0.29, 0.717) is 5.69 Å². The fourth-order valence-corrected chi connectivity index (χ4v) is 3.48. The third kappa shape index (κ3) is 5.30. The Morgan fingerprint density at radius 1 is 1.04 bits per heavy atom. The van der Waals surface area contributed by atoms with E-state index in [1.165, 1.54) is 24.3 Å². The van der Waals surface area contributed by atoms with E-state index in [9.17, 15) is 23.1 Å². The van der Waals surface area contributed by atoms with Crippen LogP contribution in [0.4, 0.5) is 5.69 Å². The van der Waals surface area contributed by atoms with Gasteiger partial charge in [0.2, 0.25) is 0 Å². The van der Waals surface area contributed by atoms with Gasteiger partial charge in [0.25, 0.3) is 15.9 Å². The molecule has 1 atom stereocenters. The van der Waals surface area contributed by atoms with Crippen molar-refractivity contribution >= 4 is 27.6 Å². The van der Waals surface area contributed by atoms with Gasteiger partial charge in [0.1, 0.15) is 6.04 Å². The van der Waals surface area contributed by atoms with Crippen LogP contribution >= 0.6 is 0 Å². The minimum Gasteiger partial charge on any atom is -0.480 e. The van der Waals surface area contributed by atoms with Crippen LogP contribution in [0.1, 0.15) is 29.8 Å². The van der Waals surface area contributed by atoms with Crippen LogP contribution in [0, 0.1) is 12.8 Å². The fraction of sp³-hybridized carbons (Fsp3) is 0.263. The number of carbonyl (C=O) groups is 2. The number of nitrogens with one attached hydrogen (secondary N) is 2. The SMILES string of the molecule is Cc1ccc(NS(=O)(=O)c2cccc(C(=O)N[C@H](C(=O)O)C(C)C)c2)cc1. The number of hydrogen-bond donors (Lipinski definition) is 3. The average Bonchev–Trinajstić information content (AvgIpc) is 2.60. The second kappa shape index (κ2) is 8.22. The molecular weight excluding hydrogens is 368 g/mol. The zero-order chi connectivity index (χ0) is 20.2. The molecule has 27 heavy (non-hydrogen) atoms. The number of rotatable bonds is 7. The van der Waals surface area contributed by atoms with E-state index in [1.54, 1.807) is 38.1 Å². The Morgan fingerprint density at radius 3 is 2.22 bits per heavy atom. The minimum atomic E-state index is -3.89. The Morgan fingerprint density at radius 2 is 1.67 bits per heavy atom. The lowest BCUT2D eigenvalue weighted by Gasteiger charge is -2.18. The maximum Gasteiger partial charge on any atom is 0.326 e. The number of sulfonamides is 1. The highest BCUT2D eigenvalue weighted by atomic mass is 32.2. The van der Waals surface area contributed by atoms with E-state index in [-0.39, 0.29) is 16.4 Å². The molecule has 0 unspecified atom stereocenters. The van der Waals surface area contributed by atoms with Crippen LogP contribution in [-0.2, 0) is 14.8 Å². The van der Waals surface area contributed by atoms with Crippen molar-refractivity contribution in [3.8, 4) is 0 Å². The zero-order valence-electron chi connectivity index (χ0n) is 15.3. The topological polar surface area (TPSA) is 113 Å². The summed E-state index contributed by atoms with van der Waals surface area (Å²) in [6.07, 6.45) is 0. The largest absolute Gasteiger partial charge is 0.480 e. The molecule has 0 aromatic heterocycles. The molecule has 7 nitrogen and oxygen atoms in total. The molecule has 0 radical (unpaired) electrons. The smallest absolute Gasteiger partial charge is 0.326 e. The summed E-state index contributed by atoms with van der Waals surface area (Å²) in [6, 6.07) is 11.2. The number of carboxylic acids is 1. The van der Waals surface area contributed by atoms with Gasteiger partial charge in [-0.05, 0) is 43.2 Å². The van der Waals surface area contributed by atoms with E-state index >= 15 is 0 Å². The summed E-state index contributed by atoms with van der Waals surface area (Å²) < 4.78 is 27.6. The number of aliphatic carboxylic acids is 1. The average molecular weight is 390 g/mol. The van der Waals surface area contributed by atoms with Crippen LogP contribution in [0.2, 0.25) is 0 Å². The van der Waals surface area contributed by atoms with Crippen molar-refractivity contribution < 1.29 is 23.1 Å². The maximum atomic E-state index is 12.6. The van der Waals surface area contributed by atoms with Gasteiger partial charge in [-0.3, -0.25) is 9.52 Å². The van der Waals surface area contributed by atoms with Crippen LogP contribution in [0.25, 0.3) is 0 Å². The highest BCUT2D eigenvalue weighted by Crippen LogP contribution is 2.18. The second-order valence-corrected chi connectivity index (χ2v) is 8.22. The number of carboxylic acid groups (broad SMARTS) is 1. The fourth-order valence-electron chi connectivity index (χ4n) is 2.38. The Bertz CT molecular complexity index is 937. The lowest BCUT2D eigenvalue weighted by atomic mass is 10.0. The lowest BCUT2D eigenvalue weighted by Crippen LogP contribution is -2.44. The van der Waals surface area contributed by atoms with Gasteiger partial charge in [-0.25, -0.2) is 13.2 Å². The summed E-state index contributed by atoms with van der Waals surface area (Å²) in [4.78, 5) is 23.5. The van der Waals surface area contributed by atoms with E-state index in [4.69, 9.17) is 0 Å². The summed E-state index contributed by atoms with van der Waals surface area (Å²) in [6.45, 7) is 5.23. The van der Waals surface area contributed by atoms with Crippen LogP contribution in [0.5, 0.6) is 0 Å². The molecule has 0 heterocycles. The molecule has 2 aromatic rings. The Labute approximate surface area is 158 Å². The summed E-state index contributed by atoms with van der Waals surface area (Å²) in [5.41, 5.74) is 1.46. The molecular formula is C19H22N2O5S. The van der Waals surface area contributed by atoms with Crippen molar-refractivity contribution in [1.82, 2.24) is 5.32 Å². The molecule has 3 N–H and O–H groups in total. The third-order valence-electron chi connectivity index (χ3n) is 3.93. The Balaban J connectivity index is 2.24. The highest BCUT2D eigenvalue weighted by molar-refractivity contribution is 7.92. The van der Waals surface area contributed by atoms with E-state index < -0.39 is 27.9 Å². The van der Waals surface area contributed by atoms with Gasteiger partial charge < -0.3 is 10.4 Å². The number of hydrogen-bond acceptors (Lipinski definition) is 4. The molecule has 0 aliphatic rings. The number of aryl methyl sites for hydroxylation is 1. The molecule has 2 rings (SSSR count). The van der Waals surface area contributed by atoms with Crippen molar-refractivity contribution in [3.63, 3.8) is 0 Å². The van der Waals surface area contributed by atoms with Crippen LogP contribution < -0.4 is 10.0 Å². The minimum absolute atomic E-state index is 0.0636. The lowest BCUT2D eigenvalue weighted by molar-refractivity contribution is -0.140. The first-order chi connectivity index (χ1) is 12.6. The second-order valence-electron chi connectivity index (χ2n) is 6.53. The van der Waals surface area contributed by atoms with Gasteiger partial charge >= 0.3 is 5.97 Å². The first kappa shape index (κ1) is 20.4. The van der Waals surface area contributed by atoms with E-state index in [0.717, 1.165) is 5.56 Å². The van der Waals surface area contributed by atoms with Gasteiger partial charge in [0, 0.05) is 11.3 Å². The predicted octanol–water partition coefficient (Wildman–Crippen LogP) is 2.63. The van der Waals surface area contributed by atoms with Crippen molar-refractivity contribution in [3.05, 3.63) is 59.7 Å². The quantitative estimate of drug-likeness (QED) is 0.673. The number of carbonyl (C=O) groups excluding carboxylic acids is 1. The number of anilines is 1. The van der Waals surface area contributed by atoms with Crippen molar-refractivity contribution in [2.75, 3.05) is 4.72 Å². The summed E-state index contributed by atoms with van der Waals surface area (Å²) in [5, 5.41) is 11.6. The first-order valence-corrected chi connectivity index (χ1v) is 9.81. The molecule has 0 saturated carbocycles. The standard InChI is InChI=1S/C19H22N2O5S/c1-12(2)17(19(23)24)20-18(22)14-5-4-6-16(11-14)27(25,26)21-15-9-7-13(3)8-10-15/h4-12,17,21H,1-3H3,(H,20,22)(H,23,24)/t17-/m0/s1. The molecule has 0 bridgehead atoms. The van der Waals surface area contributed by atoms with Crippen molar-refractivity contribution in [1.29, 1.82) is 0 Å². The molecule has 144 valence electrons. The zero-order valence-corrected chi connectivity index (χ0v) is 16.1. The normalized spacial score (nSPS) is 12.4. The van der Waals surface area contributed by atoms with Gasteiger partial charge in [-0.2, -0.15) is 0 Å². The predicted molar refractivity (Wildman–Crippen MR) is 102 cm³/mol. The molecule has 0 fully saturated rings. The van der Waals surface area contributed by atoms with Crippen LogP contribution in [0.3, 0.4) is 0 Å². The molecule has 0 aliphatic heterocycles. The Hall–Kier alpha value is -2.87. The van der Waals surface area contributed by atoms with Gasteiger partial charge in [-0.15, -0.1) is 0 Å². The summed E-state index contributed by atoms with van der Waals surface area (Å²) in [7, 11) is -3.89. The highest BCUT2D eigenvalue weighted by Gasteiger charge is 2.24. The third-order valence-corrected chi connectivity index (χ3v) is 5.31. The molecule has 0 spiro atoms. The molecule has 0 aliphatic carbocycles. The van der Waals surface area contributed by atoms with Crippen molar-refractivity contribution in [2.24, 2.45) is 5.92 Å². The van der Waals surface area contributed by atoms with Gasteiger partial charge in [-0.1, -0.05) is 37.6 Å². The summed E-state index contributed by atoms with van der Waals surface area (Å²) in [5.74, 6) is -2.12. The maximum absolute atomic E-state index is 12.6. The van der Waals surface area contributed by atoms with Crippen LogP contribution in [0.15, 0.2) is 53.4 Å². The molecule has 2 aromatic carbocycles. The van der Waals surface area contributed by atoms with E-state index in [1.807, 2.05) is 6.92 Å². The number of amides is 1. The molecule has 8 heteroatoms. The van der Waals surface area contributed by atoms with Gasteiger partial charge in [0.15, 0.2) is 0 Å². The van der Waals surface area contributed by atoms with Crippen LogP contribution in [-0.4, -0.2) is 31.4 Å². The monoisotopic (exact) mass is 390 g/mol.